The van der Waals surface area contributed by atoms with Crippen molar-refractivity contribution >= 4 is 11.8 Å². The first-order valence-electron chi connectivity index (χ1n) is 7.97. The fourth-order valence-electron chi connectivity index (χ4n) is 2.10. The van der Waals surface area contributed by atoms with Crippen molar-refractivity contribution in [3.05, 3.63) is 52.8 Å². The van der Waals surface area contributed by atoms with Crippen molar-refractivity contribution in [1.82, 2.24) is 20.8 Å². The lowest BCUT2D eigenvalue weighted by Crippen LogP contribution is -2.34. The van der Waals surface area contributed by atoms with Crippen LogP contribution in [-0.2, 0) is 6.18 Å². The molecule has 26 heavy (non-hydrogen) atoms. The maximum atomic E-state index is 12.5. The van der Waals surface area contributed by atoms with E-state index in [2.05, 4.69) is 20.8 Å². The quantitative estimate of drug-likeness (QED) is 0.685. The van der Waals surface area contributed by atoms with Gasteiger partial charge in [0.2, 0.25) is 0 Å². The molecule has 0 spiro atoms. The number of amides is 2. The van der Waals surface area contributed by atoms with Crippen LogP contribution in [0.15, 0.2) is 30.3 Å². The summed E-state index contributed by atoms with van der Waals surface area (Å²) in [4.78, 5) is 23.8. The Morgan fingerprint density at radius 2 is 1.65 bits per heavy atom. The first-order valence-corrected chi connectivity index (χ1v) is 7.97. The molecule has 0 saturated carbocycles. The zero-order valence-electron chi connectivity index (χ0n) is 14.3. The van der Waals surface area contributed by atoms with E-state index in [0.717, 1.165) is 30.0 Å². The van der Waals surface area contributed by atoms with Gasteiger partial charge in [0.1, 0.15) is 5.69 Å². The van der Waals surface area contributed by atoms with Crippen molar-refractivity contribution < 1.29 is 22.8 Å². The van der Waals surface area contributed by atoms with Crippen molar-refractivity contribution in [3.63, 3.8) is 0 Å². The maximum Gasteiger partial charge on any atom is 0.416 e. The highest BCUT2D eigenvalue weighted by Gasteiger charge is 2.30. The topological polar surface area (TPSA) is 86.9 Å². The van der Waals surface area contributed by atoms with E-state index >= 15 is 0 Å². The average Bonchev–Trinajstić information content (AvgIpc) is 3.08. The molecule has 2 amide bonds. The van der Waals surface area contributed by atoms with Crippen molar-refractivity contribution in [3.8, 4) is 0 Å². The first-order chi connectivity index (χ1) is 12.2. The van der Waals surface area contributed by atoms with Crippen molar-refractivity contribution in [2.45, 2.75) is 25.9 Å². The predicted octanol–water partition coefficient (Wildman–Crippen LogP) is 2.71. The number of carbonyl (C=O) groups excluding carboxylic acids is 2. The number of nitrogens with one attached hydrogen (secondary N) is 3. The minimum Gasteiger partial charge on any atom is -0.350 e. The molecule has 1 aromatic heterocycles. The molecule has 0 aliphatic carbocycles. The monoisotopic (exact) mass is 368 g/mol. The molecule has 0 saturated heterocycles. The van der Waals surface area contributed by atoms with Gasteiger partial charge < -0.3 is 10.6 Å². The van der Waals surface area contributed by atoms with Gasteiger partial charge in [-0.1, -0.05) is 13.8 Å². The van der Waals surface area contributed by atoms with Gasteiger partial charge in [-0.25, -0.2) is 0 Å². The number of halogens is 3. The summed E-state index contributed by atoms with van der Waals surface area (Å²) in [5.74, 6) is -0.682. The third kappa shape index (κ3) is 5.08. The fraction of sp³-hybridized carbons (Fsp3) is 0.353. The number of aromatic nitrogens is 2. The molecule has 3 N–H and O–H groups in total. The van der Waals surface area contributed by atoms with E-state index in [1.807, 2.05) is 13.8 Å². The molecule has 1 heterocycles. The van der Waals surface area contributed by atoms with Gasteiger partial charge in [0, 0.05) is 24.3 Å². The predicted molar refractivity (Wildman–Crippen MR) is 88.8 cm³/mol. The zero-order chi connectivity index (χ0) is 19.3. The Morgan fingerprint density at radius 1 is 1.08 bits per heavy atom. The van der Waals surface area contributed by atoms with E-state index in [4.69, 9.17) is 0 Å². The third-order valence-corrected chi connectivity index (χ3v) is 3.62. The summed E-state index contributed by atoms with van der Waals surface area (Å²) in [6, 6.07) is 5.56. The second-order valence-electron chi connectivity index (χ2n) is 5.95. The van der Waals surface area contributed by atoms with Crippen LogP contribution in [-0.4, -0.2) is 35.1 Å². The largest absolute Gasteiger partial charge is 0.416 e. The van der Waals surface area contributed by atoms with Crippen LogP contribution in [0.3, 0.4) is 0 Å². The zero-order valence-corrected chi connectivity index (χ0v) is 14.3. The number of benzene rings is 1. The molecule has 2 aromatic rings. The average molecular weight is 368 g/mol. The van der Waals surface area contributed by atoms with Gasteiger partial charge in [0.15, 0.2) is 0 Å². The Kier molecular flexibility index (Phi) is 6.01. The highest BCUT2D eigenvalue weighted by Crippen LogP contribution is 2.29. The van der Waals surface area contributed by atoms with Crippen molar-refractivity contribution in [2.75, 3.05) is 13.1 Å². The fourth-order valence-corrected chi connectivity index (χ4v) is 2.10. The van der Waals surface area contributed by atoms with Gasteiger partial charge in [-0.2, -0.15) is 18.3 Å². The van der Waals surface area contributed by atoms with Gasteiger partial charge in [-0.3, -0.25) is 14.7 Å². The van der Waals surface area contributed by atoms with E-state index in [1.54, 1.807) is 6.07 Å². The summed E-state index contributed by atoms with van der Waals surface area (Å²) in [7, 11) is 0. The van der Waals surface area contributed by atoms with E-state index in [1.165, 1.54) is 0 Å². The van der Waals surface area contributed by atoms with Crippen LogP contribution in [0.4, 0.5) is 13.2 Å². The molecule has 140 valence electrons. The number of H-pyrrole nitrogens is 1. The number of nitrogens with zero attached hydrogens (tertiary/aromatic N) is 1. The number of carbonyl (C=O) groups is 2. The summed E-state index contributed by atoms with van der Waals surface area (Å²) in [6.07, 6.45) is -4.44. The Bertz CT molecular complexity index is 767. The molecule has 6 nitrogen and oxygen atoms in total. The number of hydrogen-bond donors (Lipinski definition) is 3. The molecule has 0 aliphatic rings. The van der Waals surface area contributed by atoms with E-state index in [9.17, 15) is 22.8 Å². The molecule has 2 rings (SSSR count). The number of aromatic amines is 1. The summed E-state index contributed by atoms with van der Waals surface area (Å²) < 4.78 is 37.4. The van der Waals surface area contributed by atoms with Crippen LogP contribution in [0, 0.1) is 0 Å². The highest BCUT2D eigenvalue weighted by molar-refractivity contribution is 5.94. The van der Waals surface area contributed by atoms with E-state index < -0.39 is 17.6 Å². The van der Waals surface area contributed by atoms with Gasteiger partial charge in [-0.15, -0.1) is 0 Å². The SMILES string of the molecule is CC(C)c1cc(C(=O)NCCNC(=O)c2ccc(C(F)(F)F)cc2)n[nH]1. The van der Waals surface area contributed by atoms with Crippen LogP contribution in [0.2, 0.25) is 0 Å². The van der Waals surface area contributed by atoms with Crippen LogP contribution in [0.25, 0.3) is 0 Å². The molecule has 0 fully saturated rings. The summed E-state index contributed by atoms with van der Waals surface area (Å²) >= 11 is 0. The smallest absolute Gasteiger partial charge is 0.350 e. The van der Waals surface area contributed by atoms with Crippen LogP contribution >= 0.6 is 0 Å². The normalized spacial score (nSPS) is 11.5. The Hall–Kier alpha value is -2.84. The second-order valence-corrected chi connectivity index (χ2v) is 5.95. The van der Waals surface area contributed by atoms with Gasteiger partial charge in [0.05, 0.1) is 5.56 Å². The van der Waals surface area contributed by atoms with Crippen molar-refractivity contribution in [1.29, 1.82) is 0 Å². The Labute approximate surface area is 148 Å². The molecule has 0 bridgehead atoms. The number of rotatable bonds is 6. The lowest BCUT2D eigenvalue weighted by Gasteiger charge is -2.08. The number of hydrogen-bond acceptors (Lipinski definition) is 3. The van der Waals surface area contributed by atoms with Crippen LogP contribution in [0.5, 0.6) is 0 Å². The molecule has 0 atom stereocenters. The third-order valence-electron chi connectivity index (χ3n) is 3.62. The number of alkyl halides is 3. The molecular formula is C17H19F3N4O2. The first kappa shape index (κ1) is 19.5. The van der Waals surface area contributed by atoms with E-state index in [0.29, 0.717) is 0 Å². The lowest BCUT2D eigenvalue weighted by molar-refractivity contribution is -0.137. The minimum atomic E-state index is -4.44. The van der Waals surface area contributed by atoms with Gasteiger partial charge in [-0.05, 0) is 36.2 Å². The molecule has 0 aliphatic heterocycles. The maximum absolute atomic E-state index is 12.5. The minimum absolute atomic E-state index is 0.109. The molecule has 0 unspecified atom stereocenters. The Balaban J connectivity index is 1.78. The summed E-state index contributed by atoms with van der Waals surface area (Å²) in [6.45, 7) is 4.22. The standard InChI is InChI=1S/C17H19F3N4O2/c1-10(2)13-9-14(24-23-13)16(26)22-8-7-21-15(25)11-3-5-12(6-4-11)17(18,19)20/h3-6,9-10H,7-8H2,1-2H3,(H,21,25)(H,22,26)(H,23,24). The lowest BCUT2D eigenvalue weighted by atomic mass is 10.1. The molecule has 9 heteroatoms. The Morgan fingerprint density at radius 3 is 2.15 bits per heavy atom. The molecule has 1 aromatic carbocycles. The van der Waals surface area contributed by atoms with Crippen LogP contribution < -0.4 is 10.6 Å². The molecule has 0 radical (unpaired) electrons. The van der Waals surface area contributed by atoms with Gasteiger partial charge in [0.25, 0.3) is 11.8 Å². The summed E-state index contributed by atoms with van der Waals surface area (Å²) in [5, 5.41) is 11.8. The molecular weight excluding hydrogens is 349 g/mol. The van der Waals surface area contributed by atoms with E-state index in [-0.39, 0.29) is 36.2 Å². The van der Waals surface area contributed by atoms with Crippen LogP contribution in [0.1, 0.15) is 51.9 Å². The summed E-state index contributed by atoms with van der Waals surface area (Å²) in [5.41, 5.74) is 0.382. The van der Waals surface area contributed by atoms with Crippen molar-refractivity contribution in [2.24, 2.45) is 0 Å². The second kappa shape index (κ2) is 8.03. The van der Waals surface area contributed by atoms with Gasteiger partial charge >= 0.3 is 6.18 Å². The highest BCUT2D eigenvalue weighted by atomic mass is 19.4.